The number of esters is 1. The van der Waals surface area contributed by atoms with Crippen LogP contribution in [-0.4, -0.2) is 30.9 Å². The molecule has 158 valence electrons. The summed E-state index contributed by atoms with van der Waals surface area (Å²) in [6.45, 7) is 14.9. The van der Waals surface area contributed by atoms with Crippen molar-refractivity contribution in [2.75, 3.05) is 6.61 Å². The van der Waals surface area contributed by atoms with Crippen LogP contribution in [0.1, 0.15) is 78.3 Å². The van der Waals surface area contributed by atoms with Gasteiger partial charge in [0.1, 0.15) is 11.2 Å². The maximum absolute atomic E-state index is 12.3. The molecule has 0 atom stereocenters. The molecule has 3 rings (SSSR count). The molecule has 29 heavy (non-hydrogen) atoms. The molecule has 0 amide bonds. The first-order valence-corrected chi connectivity index (χ1v) is 10.4. The molecule has 6 heteroatoms. The van der Waals surface area contributed by atoms with Crippen molar-refractivity contribution >= 4 is 29.5 Å². The average Bonchev–Trinajstić information content (AvgIpc) is 3.02. The number of rotatable bonds is 2. The van der Waals surface area contributed by atoms with Crippen LogP contribution in [0.25, 0.3) is 11.0 Å². The van der Waals surface area contributed by atoms with E-state index in [-0.39, 0.29) is 16.8 Å². The lowest BCUT2D eigenvalue weighted by Crippen LogP contribution is -2.50. The largest absolute Gasteiger partial charge is 0.494 e. The van der Waals surface area contributed by atoms with Gasteiger partial charge < -0.3 is 18.5 Å². The van der Waals surface area contributed by atoms with Gasteiger partial charge in [0.25, 0.3) is 0 Å². The van der Waals surface area contributed by atoms with Crippen LogP contribution in [0, 0.1) is 5.41 Å². The van der Waals surface area contributed by atoms with E-state index < -0.39 is 18.7 Å². The van der Waals surface area contributed by atoms with Crippen molar-refractivity contribution in [1.82, 2.24) is 0 Å². The van der Waals surface area contributed by atoms with Crippen molar-refractivity contribution in [3.63, 3.8) is 0 Å². The SMILES string of the molecule is CC(C)(C)OC(=O)c1cc2cc(B3OCCCCC(C)(C)C(C)(C)O3)ccc2o1. The third-order valence-corrected chi connectivity index (χ3v) is 5.91. The summed E-state index contributed by atoms with van der Waals surface area (Å²) >= 11 is 0. The maximum Gasteiger partial charge on any atom is 0.494 e. The fourth-order valence-corrected chi connectivity index (χ4v) is 3.42. The molecule has 1 aliphatic rings. The first kappa shape index (κ1) is 21.9. The van der Waals surface area contributed by atoms with E-state index in [0.29, 0.717) is 12.2 Å². The molecule has 0 unspecified atom stereocenters. The van der Waals surface area contributed by atoms with Crippen LogP contribution in [0.4, 0.5) is 0 Å². The van der Waals surface area contributed by atoms with E-state index in [4.69, 9.17) is 18.5 Å². The summed E-state index contributed by atoms with van der Waals surface area (Å²) in [5, 5.41) is 0.826. The Labute approximate surface area is 174 Å². The lowest BCUT2D eigenvalue weighted by Gasteiger charge is -2.42. The quantitative estimate of drug-likeness (QED) is 0.518. The van der Waals surface area contributed by atoms with Gasteiger partial charge in [0, 0.05) is 12.0 Å². The highest BCUT2D eigenvalue weighted by Gasteiger charge is 2.42. The Balaban J connectivity index is 1.89. The van der Waals surface area contributed by atoms with Gasteiger partial charge in [-0.05, 0) is 70.5 Å². The van der Waals surface area contributed by atoms with Gasteiger partial charge in [-0.2, -0.15) is 0 Å². The normalized spacial score (nSPS) is 20.0. The molecule has 5 nitrogen and oxygen atoms in total. The van der Waals surface area contributed by atoms with E-state index >= 15 is 0 Å². The summed E-state index contributed by atoms with van der Waals surface area (Å²) in [4.78, 5) is 12.3. The Morgan fingerprint density at radius 1 is 1.10 bits per heavy atom. The highest BCUT2D eigenvalue weighted by atomic mass is 16.6. The minimum Gasteiger partial charge on any atom is -0.454 e. The van der Waals surface area contributed by atoms with Crippen molar-refractivity contribution in [2.24, 2.45) is 5.41 Å². The van der Waals surface area contributed by atoms with Crippen LogP contribution in [0.3, 0.4) is 0 Å². The van der Waals surface area contributed by atoms with Gasteiger partial charge in [-0.3, -0.25) is 0 Å². The molecule has 0 radical (unpaired) electrons. The number of fused-ring (bicyclic) bond motifs is 1. The number of hydrogen-bond acceptors (Lipinski definition) is 5. The first-order chi connectivity index (χ1) is 13.4. The predicted octanol–water partition coefficient (Wildman–Crippen LogP) is 5.11. The van der Waals surface area contributed by atoms with Crippen LogP contribution in [0.2, 0.25) is 0 Å². The third-order valence-electron chi connectivity index (χ3n) is 5.91. The fourth-order valence-electron chi connectivity index (χ4n) is 3.42. The van der Waals surface area contributed by atoms with E-state index in [1.54, 1.807) is 6.07 Å². The molecule has 1 aliphatic heterocycles. The van der Waals surface area contributed by atoms with Crippen molar-refractivity contribution in [3.05, 3.63) is 30.0 Å². The van der Waals surface area contributed by atoms with E-state index in [0.717, 1.165) is 30.1 Å². The summed E-state index contributed by atoms with van der Waals surface area (Å²) in [7, 11) is -0.466. The number of carbonyl (C=O) groups excluding carboxylic acids is 1. The molecule has 1 saturated heterocycles. The van der Waals surface area contributed by atoms with Crippen molar-refractivity contribution in [3.8, 4) is 0 Å². The molecule has 0 bridgehead atoms. The van der Waals surface area contributed by atoms with Crippen LogP contribution in [0.15, 0.2) is 28.7 Å². The molecular weight excluding hydrogens is 367 g/mol. The molecular formula is C23H33BO5. The number of carbonyl (C=O) groups is 1. The Hall–Kier alpha value is -1.79. The summed E-state index contributed by atoms with van der Waals surface area (Å²) in [5.74, 6) is -0.266. The third kappa shape index (κ3) is 5.04. The van der Waals surface area contributed by atoms with Crippen molar-refractivity contribution in [2.45, 2.75) is 78.9 Å². The Morgan fingerprint density at radius 3 is 2.52 bits per heavy atom. The van der Waals surface area contributed by atoms with E-state index in [1.807, 2.05) is 39.0 Å². The van der Waals surface area contributed by atoms with Crippen LogP contribution >= 0.6 is 0 Å². The zero-order valence-electron chi connectivity index (χ0n) is 18.8. The van der Waals surface area contributed by atoms with Crippen LogP contribution < -0.4 is 5.46 Å². The second-order valence-corrected chi connectivity index (χ2v) is 10.1. The standard InChI is InChI=1S/C23H33BO5/c1-21(2,3)28-20(25)19-15-16-14-17(10-11-18(16)27-19)24-26-13-9-8-12-22(4,5)23(6,7)29-24/h10-11,14-15H,8-9,12-13H2,1-7H3. The van der Waals surface area contributed by atoms with E-state index in [1.165, 1.54) is 0 Å². The Morgan fingerprint density at radius 2 is 1.83 bits per heavy atom. The predicted molar refractivity (Wildman–Crippen MR) is 116 cm³/mol. The van der Waals surface area contributed by atoms with Crippen LogP contribution in [-0.2, 0) is 14.0 Å². The minimum atomic E-state index is -0.571. The highest BCUT2D eigenvalue weighted by Crippen LogP contribution is 2.39. The Kier molecular flexibility index (Phi) is 5.90. The molecule has 0 N–H and O–H groups in total. The number of hydrogen-bond donors (Lipinski definition) is 0. The van der Waals surface area contributed by atoms with E-state index in [9.17, 15) is 4.79 Å². The smallest absolute Gasteiger partial charge is 0.454 e. The van der Waals surface area contributed by atoms with Crippen molar-refractivity contribution in [1.29, 1.82) is 0 Å². The lowest BCUT2D eigenvalue weighted by atomic mass is 9.70. The van der Waals surface area contributed by atoms with Gasteiger partial charge in [0.2, 0.25) is 5.76 Å². The molecule has 1 aromatic carbocycles. The highest BCUT2D eigenvalue weighted by molar-refractivity contribution is 6.61. The van der Waals surface area contributed by atoms with Gasteiger partial charge in [-0.1, -0.05) is 32.4 Å². The van der Waals surface area contributed by atoms with Crippen LogP contribution in [0.5, 0.6) is 0 Å². The van der Waals surface area contributed by atoms with Gasteiger partial charge in [0.15, 0.2) is 0 Å². The minimum absolute atomic E-state index is 0.0303. The monoisotopic (exact) mass is 400 g/mol. The van der Waals surface area contributed by atoms with Gasteiger partial charge >= 0.3 is 13.1 Å². The lowest BCUT2D eigenvalue weighted by molar-refractivity contribution is -0.0286. The molecule has 2 aromatic rings. The molecule has 1 aromatic heterocycles. The molecule has 0 spiro atoms. The zero-order chi connectivity index (χ0) is 21.4. The number of furan rings is 1. The van der Waals surface area contributed by atoms with E-state index in [2.05, 4.69) is 27.7 Å². The summed E-state index contributed by atoms with van der Waals surface area (Å²) in [5.41, 5.74) is 0.660. The topological polar surface area (TPSA) is 57.9 Å². The second kappa shape index (κ2) is 7.80. The molecule has 1 fully saturated rings. The average molecular weight is 400 g/mol. The number of benzene rings is 1. The molecule has 0 aliphatic carbocycles. The summed E-state index contributed by atoms with van der Waals surface area (Å²) < 4.78 is 23.7. The van der Waals surface area contributed by atoms with Gasteiger partial charge in [-0.15, -0.1) is 0 Å². The maximum atomic E-state index is 12.3. The molecule has 0 saturated carbocycles. The second-order valence-electron chi connectivity index (χ2n) is 10.1. The fraction of sp³-hybridized carbons (Fsp3) is 0.609. The van der Waals surface area contributed by atoms with Crippen molar-refractivity contribution < 1.29 is 23.3 Å². The zero-order valence-corrected chi connectivity index (χ0v) is 18.8. The van der Waals surface area contributed by atoms with Gasteiger partial charge in [-0.25, -0.2) is 4.79 Å². The first-order valence-electron chi connectivity index (χ1n) is 10.4. The number of ether oxygens (including phenoxy) is 1. The summed E-state index contributed by atoms with van der Waals surface area (Å²) in [6.07, 6.45) is 3.22. The van der Waals surface area contributed by atoms with Gasteiger partial charge in [0.05, 0.1) is 5.60 Å². The Bertz CT molecular complexity index is 875. The summed E-state index contributed by atoms with van der Waals surface area (Å²) in [6, 6.07) is 7.49. The molecule has 2 heterocycles.